The van der Waals surface area contributed by atoms with Gasteiger partial charge >= 0.3 is 0 Å². The highest BCUT2D eigenvalue weighted by atomic mass is 16.5. The molecule has 1 fully saturated rings. The van der Waals surface area contributed by atoms with E-state index in [1.54, 1.807) is 35.2 Å². The predicted octanol–water partition coefficient (Wildman–Crippen LogP) is 1.40. The normalized spacial score (nSPS) is 23.7. The number of piperidine rings is 1. The van der Waals surface area contributed by atoms with E-state index in [1.165, 1.54) is 20.3 Å². The summed E-state index contributed by atoms with van der Waals surface area (Å²) in [5.74, 6) is -4.20. The SMILES string of the molecule is COc1cc2c(cc1OC)C(O)(O)C(CC1CCN(C(O)(O)c3ccccc3)CC1)C2O. The minimum Gasteiger partial charge on any atom is -0.493 e. The van der Waals surface area contributed by atoms with Gasteiger partial charge in [0, 0.05) is 30.1 Å². The number of hydrogen-bond donors (Lipinski definition) is 5. The highest BCUT2D eigenvalue weighted by Gasteiger charge is 2.51. The Morgan fingerprint density at radius 3 is 2.19 bits per heavy atom. The van der Waals surface area contributed by atoms with Gasteiger partial charge in [-0.05, 0) is 42.9 Å². The fourth-order valence-corrected chi connectivity index (χ4v) is 5.07. The Balaban J connectivity index is 1.46. The number of methoxy groups -OCH3 is 2. The third-order valence-corrected chi connectivity index (χ3v) is 6.97. The van der Waals surface area contributed by atoms with Crippen LogP contribution in [0.5, 0.6) is 11.5 Å². The van der Waals surface area contributed by atoms with E-state index in [9.17, 15) is 25.5 Å². The van der Waals surface area contributed by atoms with Crippen molar-refractivity contribution in [2.75, 3.05) is 27.3 Å². The number of ether oxygens (including phenoxy) is 2. The standard InChI is InChI=1S/C24H31NO7/c1-31-20-13-17-18(14-21(20)32-2)23(27,28)19(22(17)26)12-15-8-10-25(11-9-15)24(29,30)16-6-4-3-5-7-16/h3-7,13-15,19,22,26-30H,8-12H2,1-2H3. The predicted molar refractivity (Wildman–Crippen MR) is 116 cm³/mol. The quantitative estimate of drug-likeness (QED) is 0.423. The fourth-order valence-electron chi connectivity index (χ4n) is 5.07. The van der Waals surface area contributed by atoms with Crippen LogP contribution in [0.1, 0.15) is 42.1 Å². The van der Waals surface area contributed by atoms with E-state index in [0.29, 0.717) is 55.0 Å². The number of benzene rings is 2. The number of aliphatic hydroxyl groups is 5. The molecule has 4 rings (SSSR count). The third-order valence-electron chi connectivity index (χ3n) is 6.97. The molecule has 0 spiro atoms. The fraction of sp³-hybridized carbons (Fsp3) is 0.500. The first-order chi connectivity index (χ1) is 15.2. The van der Waals surface area contributed by atoms with Gasteiger partial charge in [-0.15, -0.1) is 0 Å². The molecule has 5 N–H and O–H groups in total. The van der Waals surface area contributed by atoms with Crippen LogP contribution in [0, 0.1) is 11.8 Å². The summed E-state index contributed by atoms with van der Waals surface area (Å²) in [5, 5.41) is 54.1. The van der Waals surface area contributed by atoms with E-state index in [0.717, 1.165) is 0 Å². The van der Waals surface area contributed by atoms with Gasteiger partial charge in [0.2, 0.25) is 0 Å². The van der Waals surface area contributed by atoms with Crippen molar-refractivity contribution in [2.45, 2.75) is 37.1 Å². The summed E-state index contributed by atoms with van der Waals surface area (Å²) < 4.78 is 10.6. The monoisotopic (exact) mass is 445 g/mol. The van der Waals surface area contributed by atoms with Crippen LogP contribution in [0.15, 0.2) is 42.5 Å². The number of aliphatic hydroxyl groups excluding tert-OH is 1. The summed E-state index contributed by atoms with van der Waals surface area (Å²) in [7, 11) is 2.95. The maximum Gasteiger partial charge on any atom is 0.253 e. The zero-order valence-corrected chi connectivity index (χ0v) is 18.3. The van der Waals surface area contributed by atoms with Crippen LogP contribution < -0.4 is 9.47 Å². The summed E-state index contributed by atoms with van der Waals surface area (Å²) in [6.45, 7) is 0.877. The van der Waals surface area contributed by atoms with Gasteiger partial charge in [0.15, 0.2) is 17.3 Å². The number of likely N-dealkylation sites (tertiary alicyclic amines) is 1. The molecule has 1 aliphatic carbocycles. The molecule has 8 heteroatoms. The largest absolute Gasteiger partial charge is 0.493 e. The summed E-state index contributed by atoms with van der Waals surface area (Å²) in [5.41, 5.74) is 1.05. The van der Waals surface area contributed by atoms with Crippen molar-refractivity contribution >= 4 is 0 Å². The second kappa shape index (κ2) is 8.62. The van der Waals surface area contributed by atoms with E-state index >= 15 is 0 Å². The lowest BCUT2D eigenvalue weighted by molar-refractivity contribution is -0.282. The second-order valence-corrected chi connectivity index (χ2v) is 8.74. The Morgan fingerprint density at radius 1 is 1.00 bits per heavy atom. The number of nitrogens with zero attached hydrogens (tertiary/aromatic N) is 1. The average Bonchev–Trinajstić information content (AvgIpc) is 2.99. The molecule has 174 valence electrons. The topological polar surface area (TPSA) is 123 Å². The van der Waals surface area contributed by atoms with Crippen molar-refractivity contribution in [2.24, 2.45) is 11.8 Å². The van der Waals surface area contributed by atoms with Crippen molar-refractivity contribution in [3.05, 3.63) is 59.2 Å². The number of fused-ring (bicyclic) bond motifs is 1. The van der Waals surface area contributed by atoms with Gasteiger partial charge in [-0.1, -0.05) is 30.3 Å². The first kappa shape index (κ1) is 23.0. The Morgan fingerprint density at radius 2 is 1.59 bits per heavy atom. The van der Waals surface area contributed by atoms with Gasteiger partial charge in [0.25, 0.3) is 5.91 Å². The van der Waals surface area contributed by atoms with Crippen molar-refractivity contribution in [1.82, 2.24) is 4.90 Å². The minimum atomic E-state index is -2.20. The first-order valence-electron chi connectivity index (χ1n) is 10.8. The van der Waals surface area contributed by atoms with Gasteiger partial charge in [-0.3, -0.25) is 0 Å². The molecule has 2 aromatic rings. The molecule has 2 aliphatic rings. The summed E-state index contributed by atoms with van der Waals surface area (Å²) in [6.07, 6.45) is 0.601. The molecule has 2 atom stereocenters. The molecular weight excluding hydrogens is 414 g/mol. The second-order valence-electron chi connectivity index (χ2n) is 8.74. The lowest BCUT2D eigenvalue weighted by atomic mass is 9.82. The van der Waals surface area contributed by atoms with E-state index in [2.05, 4.69) is 0 Å². The van der Waals surface area contributed by atoms with Crippen molar-refractivity contribution in [3.8, 4) is 11.5 Å². The average molecular weight is 446 g/mol. The van der Waals surface area contributed by atoms with Crippen molar-refractivity contribution in [1.29, 1.82) is 0 Å². The molecule has 0 aromatic heterocycles. The molecule has 0 bridgehead atoms. The molecule has 8 nitrogen and oxygen atoms in total. The van der Waals surface area contributed by atoms with Crippen LogP contribution in [-0.2, 0) is 11.7 Å². The minimum absolute atomic E-state index is 0.0919. The molecule has 32 heavy (non-hydrogen) atoms. The smallest absolute Gasteiger partial charge is 0.253 e. The molecule has 1 saturated heterocycles. The molecule has 1 heterocycles. The van der Waals surface area contributed by atoms with E-state index in [-0.39, 0.29) is 11.5 Å². The zero-order valence-electron chi connectivity index (χ0n) is 18.3. The maximum absolute atomic E-state index is 10.9. The van der Waals surface area contributed by atoms with Gasteiger partial charge in [-0.25, -0.2) is 4.90 Å². The highest BCUT2D eigenvalue weighted by molar-refractivity contribution is 5.52. The maximum atomic E-state index is 10.9. The summed E-state index contributed by atoms with van der Waals surface area (Å²) >= 11 is 0. The first-order valence-corrected chi connectivity index (χ1v) is 10.8. The van der Waals surface area contributed by atoms with Crippen LogP contribution in [-0.4, -0.2) is 57.7 Å². The number of rotatable bonds is 6. The Hall–Kier alpha value is -2.20. The van der Waals surface area contributed by atoms with Crippen LogP contribution in [0.2, 0.25) is 0 Å². The zero-order chi connectivity index (χ0) is 23.1. The van der Waals surface area contributed by atoms with Gasteiger partial charge in [0.1, 0.15) is 0 Å². The van der Waals surface area contributed by atoms with Crippen LogP contribution in [0.25, 0.3) is 0 Å². The van der Waals surface area contributed by atoms with Crippen LogP contribution in [0.3, 0.4) is 0 Å². The van der Waals surface area contributed by atoms with E-state index in [1.807, 2.05) is 6.07 Å². The summed E-state index contributed by atoms with van der Waals surface area (Å²) in [6, 6.07) is 11.8. The lowest BCUT2D eigenvalue weighted by Gasteiger charge is -2.41. The molecular formula is C24H31NO7. The van der Waals surface area contributed by atoms with Gasteiger partial charge in [0.05, 0.1) is 20.3 Å². The summed E-state index contributed by atoms with van der Waals surface area (Å²) in [4.78, 5) is 1.61. The Bertz CT molecular complexity index is 939. The van der Waals surface area contributed by atoms with Crippen molar-refractivity contribution in [3.63, 3.8) is 0 Å². The Kier molecular flexibility index (Phi) is 6.19. The van der Waals surface area contributed by atoms with E-state index < -0.39 is 23.7 Å². The third kappa shape index (κ3) is 3.87. The number of hydrogen-bond acceptors (Lipinski definition) is 8. The molecule has 2 aromatic carbocycles. The molecule has 1 aliphatic heterocycles. The molecule has 2 unspecified atom stereocenters. The van der Waals surface area contributed by atoms with Crippen LogP contribution >= 0.6 is 0 Å². The molecule has 0 amide bonds. The highest BCUT2D eigenvalue weighted by Crippen LogP contribution is 2.52. The molecule has 0 radical (unpaired) electrons. The van der Waals surface area contributed by atoms with E-state index in [4.69, 9.17) is 9.47 Å². The van der Waals surface area contributed by atoms with Gasteiger partial charge < -0.3 is 35.0 Å². The Labute approximate surface area is 187 Å². The van der Waals surface area contributed by atoms with Crippen LogP contribution in [0.4, 0.5) is 0 Å². The molecule has 0 saturated carbocycles. The van der Waals surface area contributed by atoms with Crippen molar-refractivity contribution < 1.29 is 35.0 Å². The van der Waals surface area contributed by atoms with Gasteiger partial charge in [-0.2, -0.15) is 0 Å². The lowest BCUT2D eigenvalue weighted by Crippen LogP contribution is -2.50.